The molecule has 0 spiro atoms. The van der Waals surface area contributed by atoms with Crippen molar-refractivity contribution in [2.24, 2.45) is 0 Å². The van der Waals surface area contributed by atoms with Gasteiger partial charge in [0, 0.05) is 12.1 Å². The van der Waals surface area contributed by atoms with E-state index in [1.54, 1.807) is 0 Å². The van der Waals surface area contributed by atoms with E-state index in [9.17, 15) is 4.79 Å². The number of methoxy groups -OCH3 is 1. The number of ether oxygens (including phenoxy) is 1. The minimum atomic E-state index is -0.495. The Kier molecular flexibility index (Phi) is 4.32. The molecule has 0 aromatic heterocycles. The Morgan fingerprint density at radius 3 is 2.40 bits per heavy atom. The first-order valence-electron chi connectivity index (χ1n) is 5.23. The highest BCUT2D eigenvalue weighted by Crippen LogP contribution is 2.22. The van der Waals surface area contributed by atoms with E-state index in [-0.39, 0.29) is 0 Å². The molecule has 5 heteroatoms. The number of carbonyl (C=O) groups excluding carboxylic acids is 1. The van der Waals surface area contributed by atoms with E-state index in [1.165, 1.54) is 13.5 Å². The lowest BCUT2D eigenvalue weighted by Gasteiger charge is -2.40. The highest BCUT2D eigenvalue weighted by Gasteiger charge is 2.27. The first kappa shape index (κ1) is 12.2. The first-order chi connectivity index (χ1) is 7.06. The second kappa shape index (κ2) is 5.30. The Balaban J connectivity index is 2.59. The number of piperidine rings is 1. The molecule has 2 unspecified atom stereocenters. The lowest BCUT2D eigenvalue weighted by Crippen LogP contribution is -2.52. The van der Waals surface area contributed by atoms with Crippen LogP contribution in [0.15, 0.2) is 0 Å². The standard InChI is InChI=1S/C10H18N2O2S/c1-7-5-4-6-8(2)12(7)9(15)11-10(13)14-3/h7-8H,4-6H2,1-3H3,(H,11,13,15). The van der Waals surface area contributed by atoms with E-state index < -0.39 is 6.09 Å². The fourth-order valence-electron chi connectivity index (χ4n) is 2.02. The number of carbonyl (C=O) groups is 1. The predicted octanol–water partition coefficient (Wildman–Crippen LogP) is 1.89. The molecule has 1 heterocycles. The predicted molar refractivity (Wildman–Crippen MR) is 62.8 cm³/mol. The number of nitrogens with one attached hydrogen (secondary N) is 1. The maximum absolute atomic E-state index is 11.0. The molecule has 0 aliphatic carbocycles. The zero-order valence-corrected chi connectivity index (χ0v) is 10.3. The van der Waals surface area contributed by atoms with Gasteiger partial charge >= 0.3 is 6.09 Å². The van der Waals surface area contributed by atoms with E-state index in [2.05, 4.69) is 28.8 Å². The normalized spacial score (nSPS) is 25.9. The highest BCUT2D eigenvalue weighted by atomic mass is 32.1. The number of thiocarbonyl (C=S) groups is 1. The minimum Gasteiger partial charge on any atom is -0.453 e. The summed E-state index contributed by atoms with van der Waals surface area (Å²) >= 11 is 5.18. The van der Waals surface area contributed by atoms with Gasteiger partial charge in [0.05, 0.1) is 7.11 Å². The Labute approximate surface area is 96.0 Å². The van der Waals surface area contributed by atoms with Crippen molar-refractivity contribution in [3.63, 3.8) is 0 Å². The zero-order valence-electron chi connectivity index (χ0n) is 9.45. The van der Waals surface area contributed by atoms with Gasteiger partial charge in [-0.05, 0) is 45.3 Å². The van der Waals surface area contributed by atoms with Crippen molar-refractivity contribution in [2.75, 3.05) is 7.11 Å². The van der Waals surface area contributed by atoms with Crippen LogP contribution in [0.25, 0.3) is 0 Å². The zero-order chi connectivity index (χ0) is 11.4. The van der Waals surface area contributed by atoms with Crippen molar-refractivity contribution in [3.8, 4) is 0 Å². The molecule has 86 valence electrons. The fraction of sp³-hybridized carbons (Fsp3) is 0.800. The van der Waals surface area contributed by atoms with Gasteiger partial charge in [-0.25, -0.2) is 4.79 Å². The molecular weight excluding hydrogens is 212 g/mol. The van der Waals surface area contributed by atoms with Gasteiger partial charge in [0.1, 0.15) is 0 Å². The van der Waals surface area contributed by atoms with Crippen LogP contribution in [0.2, 0.25) is 0 Å². The van der Waals surface area contributed by atoms with Gasteiger partial charge < -0.3 is 9.64 Å². The number of amides is 1. The molecule has 1 aliphatic heterocycles. The lowest BCUT2D eigenvalue weighted by molar-refractivity contribution is 0.166. The van der Waals surface area contributed by atoms with Gasteiger partial charge in [0.2, 0.25) is 0 Å². The van der Waals surface area contributed by atoms with E-state index in [0.717, 1.165) is 12.8 Å². The molecule has 0 aromatic carbocycles. The van der Waals surface area contributed by atoms with Gasteiger partial charge in [-0.2, -0.15) is 0 Å². The van der Waals surface area contributed by atoms with Gasteiger partial charge in [0.25, 0.3) is 0 Å². The summed E-state index contributed by atoms with van der Waals surface area (Å²) in [5, 5.41) is 3.03. The summed E-state index contributed by atoms with van der Waals surface area (Å²) in [4.78, 5) is 13.1. The molecular formula is C10H18N2O2S. The maximum Gasteiger partial charge on any atom is 0.413 e. The third-order valence-corrected chi connectivity index (χ3v) is 3.14. The van der Waals surface area contributed by atoms with E-state index in [4.69, 9.17) is 12.2 Å². The summed E-state index contributed by atoms with van der Waals surface area (Å²) in [7, 11) is 1.33. The molecule has 1 rings (SSSR count). The van der Waals surface area contributed by atoms with Gasteiger partial charge in [0.15, 0.2) is 5.11 Å². The van der Waals surface area contributed by atoms with Crippen molar-refractivity contribution in [3.05, 3.63) is 0 Å². The van der Waals surface area contributed by atoms with Crippen molar-refractivity contribution in [1.29, 1.82) is 0 Å². The molecule has 0 radical (unpaired) electrons. The third kappa shape index (κ3) is 3.06. The molecule has 4 nitrogen and oxygen atoms in total. The quantitative estimate of drug-likeness (QED) is 0.645. The number of alkyl carbamates (subject to hydrolysis) is 1. The first-order valence-corrected chi connectivity index (χ1v) is 5.64. The smallest absolute Gasteiger partial charge is 0.413 e. The van der Waals surface area contributed by atoms with Crippen LogP contribution in [0.3, 0.4) is 0 Å². The van der Waals surface area contributed by atoms with E-state index in [1.807, 2.05) is 0 Å². The molecule has 0 bridgehead atoms. The number of hydrogen-bond acceptors (Lipinski definition) is 3. The fourth-order valence-corrected chi connectivity index (χ4v) is 2.47. The van der Waals surface area contributed by atoms with Crippen LogP contribution in [0.1, 0.15) is 33.1 Å². The number of nitrogens with zero attached hydrogens (tertiary/aromatic N) is 1. The topological polar surface area (TPSA) is 41.6 Å². The number of hydrogen-bond donors (Lipinski definition) is 1. The summed E-state index contributed by atoms with van der Waals surface area (Å²) in [6.07, 6.45) is 2.96. The van der Waals surface area contributed by atoms with Crippen LogP contribution in [0.4, 0.5) is 4.79 Å². The molecule has 0 saturated carbocycles. The van der Waals surface area contributed by atoms with Gasteiger partial charge in [-0.1, -0.05) is 0 Å². The molecule has 0 aromatic rings. The number of likely N-dealkylation sites (tertiary alicyclic amines) is 1. The third-order valence-electron chi connectivity index (χ3n) is 2.82. The van der Waals surface area contributed by atoms with Gasteiger partial charge in [-0.15, -0.1) is 0 Å². The van der Waals surface area contributed by atoms with Crippen LogP contribution < -0.4 is 5.32 Å². The average Bonchev–Trinajstić information content (AvgIpc) is 2.17. The minimum absolute atomic E-state index is 0.387. The summed E-state index contributed by atoms with van der Waals surface area (Å²) in [6, 6.07) is 0.775. The Bertz CT molecular complexity index is 248. The van der Waals surface area contributed by atoms with Crippen LogP contribution in [-0.2, 0) is 4.74 Å². The molecule has 1 N–H and O–H groups in total. The van der Waals surface area contributed by atoms with Crippen molar-refractivity contribution in [2.45, 2.75) is 45.2 Å². The SMILES string of the molecule is COC(=O)NC(=S)N1C(C)CCCC1C. The summed E-state index contributed by atoms with van der Waals surface area (Å²) in [5.74, 6) is 0. The average molecular weight is 230 g/mol. The highest BCUT2D eigenvalue weighted by molar-refractivity contribution is 7.80. The second-order valence-corrected chi connectivity index (χ2v) is 4.34. The monoisotopic (exact) mass is 230 g/mol. The van der Waals surface area contributed by atoms with E-state index >= 15 is 0 Å². The number of rotatable bonds is 0. The molecule has 2 atom stereocenters. The van der Waals surface area contributed by atoms with Crippen molar-refractivity contribution < 1.29 is 9.53 Å². The van der Waals surface area contributed by atoms with Crippen LogP contribution in [0, 0.1) is 0 Å². The summed E-state index contributed by atoms with van der Waals surface area (Å²) in [5.41, 5.74) is 0. The maximum atomic E-state index is 11.0. The van der Waals surface area contributed by atoms with Crippen LogP contribution in [-0.4, -0.2) is 35.3 Å². The van der Waals surface area contributed by atoms with E-state index in [0.29, 0.717) is 17.2 Å². The van der Waals surface area contributed by atoms with Crippen LogP contribution in [0.5, 0.6) is 0 Å². The largest absolute Gasteiger partial charge is 0.453 e. The molecule has 1 saturated heterocycles. The van der Waals surface area contributed by atoms with Crippen molar-refractivity contribution in [1.82, 2.24) is 10.2 Å². The van der Waals surface area contributed by atoms with Crippen LogP contribution >= 0.6 is 12.2 Å². The Hall–Kier alpha value is -0.840. The lowest BCUT2D eigenvalue weighted by atomic mass is 9.98. The summed E-state index contributed by atoms with van der Waals surface area (Å²) in [6.45, 7) is 4.25. The second-order valence-electron chi connectivity index (χ2n) is 3.96. The Morgan fingerprint density at radius 2 is 1.93 bits per heavy atom. The molecule has 15 heavy (non-hydrogen) atoms. The molecule has 1 amide bonds. The Morgan fingerprint density at radius 1 is 1.40 bits per heavy atom. The van der Waals surface area contributed by atoms with Crippen molar-refractivity contribution >= 4 is 23.4 Å². The molecule has 1 fully saturated rings. The molecule has 1 aliphatic rings. The summed E-state index contributed by atoms with van der Waals surface area (Å²) < 4.78 is 4.52. The van der Waals surface area contributed by atoms with Gasteiger partial charge in [-0.3, -0.25) is 5.32 Å².